The monoisotopic (exact) mass is 590 g/mol. The molecule has 0 atom stereocenters. The van der Waals surface area contributed by atoms with Crippen LogP contribution in [-0.2, 0) is 0 Å². The van der Waals surface area contributed by atoms with Crippen LogP contribution in [0.2, 0.25) is 0 Å². The molecule has 0 bridgehead atoms. The molecular formula is C44H34N2. The van der Waals surface area contributed by atoms with Gasteiger partial charge >= 0.3 is 0 Å². The molecule has 7 rings (SSSR count). The van der Waals surface area contributed by atoms with E-state index in [1.54, 1.807) is 0 Å². The summed E-state index contributed by atoms with van der Waals surface area (Å²) < 4.78 is 0. The first-order chi connectivity index (χ1) is 22.8. The van der Waals surface area contributed by atoms with Crippen LogP contribution in [0.5, 0.6) is 0 Å². The first-order valence-corrected chi connectivity index (χ1v) is 15.6. The van der Waals surface area contributed by atoms with Crippen LogP contribution in [0.3, 0.4) is 0 Å². The van der Waals surface area contributed by atoms with Gasteiger partial charge in [0.15, 0.2) is 0 Å². The van der Waals surface area contributed by atoms with Crippen LogP contribution in [0.25, 0.3) is 22.9 Å². The van der Waals surface area contributed by atoms with E-state index in [1.165, 1.54) is 16.3 Å². The number of nitrogens with zero attached hydrogens (tertiary/aromatic N) is 2. The molecular weight excluding hydrogens is 556 g/mol. The Hall–Kier alpha value is -6.12. The van der Waals surface area contributed by atoms with Crippen LogP contribution in [0.15, 0.2) is 194 Å². The Balaban J connectivity index is 1.15. The zero-order chi connectivity index (χ0) is 31.0. The SMILES string of the molecule is C(C=Cc1cccc2c(N(c3ccccc3)c3ccccc3)cccc12)=Cc1ccc(N(c2ccccc2)c2ccccc2)cc1. The number of rotatable bonds is 9. The van der Waals surface area contributed by atoms with E-state index in [-0.39, 0.29) is 0 Å². The van der Waals surface area contributed by atoms with Gasteiger partial charge in [-0.05, 0) is 83.2 Å². The lowest BCUT2D eigenvalue weighted by Crippen LogP contribution is -2.10. The molecule has 0 radical (unpaired) electrons. The normalized spacial score (nSPS) is 11.3. The van der Waals surface area contributed by atoms with Crippen molar-refractivity contribution in [3.05, 3.63) is 205 Å². The number of allylic oxidation sites excluding steroid dienone is 2. The summed E-state index contributed by atoms with van der Waals surface area (Å²) in [5.41, 5.74) is 9.14. The number of hydrogen-bond donors (Lipinski definition) is 0. The maximum absolute atomic E-state index is 2.33. The van der Waals surface area contributed by atoms with E-state index in [9.17, 15) is 0 Å². The summed E-state index contributed by atoms with van der Waals surface area (Å²) in [5.74, 6) is 0. The number of para-hydroxylation sites is 4. The van der Waals surface area contributed by atoms with E-state index in [2.05, 4.69) is 216 Å². The number of anilines is 6. The molecule has 7 aromatic rings. The standard InChI is InChI=1S/C44H34N2/c1-5-20-37(21-6-1)45(38-22-7-2-8-23-38)41-33-31-35(32-34-41)17-13-14-18-36-19-15-29-43-42(36)28-16-30-44(43)46(39-24-9-3-10-25-39)40-26-11-4-12-27-40/h1-34H. The fraction of sp³-hybridized carbons (Fsp3) is 0. The Morgan fingerprint density at radius 2 is 0.739 bits per heavy atom. The van der Waals surface area contributed by atoms with E-state index in [4.69, 9.17) is 0 Å². The molecule has 0 aliphatic carbocycles. The van der Waals surface area contributed by atoms with Gasteiger partial charge in [0.1, 0.15) is 0 Å². The second kappa shape index (κ2) is 13.7. The Bertz CT molecular complexity index is 1990. The minimum absolute atomic E-state index is 1.12. The summed E-state index contributed by atoms with van der Waals surface area (Å²) in [5, 5.41) is 2.42. The van der Waals surface area contributed by atoms with E-state index in [1.807, 2.05) is 0 Å². The molecule has 0 amide bonds. The number of hydrogen-bond acceptors (Lipinski definition) is 2. The van der Waals surface area contributed by atoms with E-state index >= 15 is 0 Å². The molecule has 220 valence electrons. The van der Waals surface area contributed by atoms with Gasteiger partial charge in [-0.3, -0.25) is 0 Å². The van der Waals surface area contributed by atoms with Gasteiger partial charge in [0.2, 0.25) is 0 Å². The molecule has 0 heterocycles. The van der Waals surface area contributed by atoms with Crippen molar-refractivity contribution in [2.24, 2.45) is 0 Å². The smallest absolute Gasteiger partial charge is 0.0540 e. The lowest BCUT2D eigenvalue weighted by Gasteiger charge is -2.27. The fourth-order valence-electron chi connectivity index (χ4n) is 5.90. The third-order valence-electron chi connectivity index (χ3n) is 8.06. The van der Waals surface area contributed by atoms with Crippen LogP contribution in [0.1, 0.15) is 11.1 Å². The van der Waals surface area contributed by atoms with E-state index < -0.39 is 0 Å². The van der Waals surface area contributed by atoms with Crippen molar-refractivity contribution >= 4 is 57.0 Å². The second-order valence-corrected chi connectivity index (χ2v) is 11.0. The lowest BCUT2D eigenvalue weighted by molar-refractivity contribution is 1.28. The van der Waals surface area contributed by atoms with Crippen molar-refractivity contribution in [2.45, 2.75) is 0 Å². The third-order valence-corrected chi connectivity index (χ3v) is 8.06. The summed E-state index contributed by atoms with van der Waals surface area (Å²) in [7, 11) is 0. The molecule has 46 heavy (non-hydrogen) atoms. The van der Waals surface area contributed by atoms with Gasteiger partial charge < -0.3 is 9.80 Å². The summed E-state index contributed by atoms with van der Waals surface area (Å²) in [6, 6.07) is 63.9. The van der Waals surface area contributed by atoms with Crippen molar-refractivity contribution in [2.75, 3.05) is 9.80 Å². The van der Waals surface area contributed by atoms with Gasteiger partial charge in [-0.1, -0.05) is 140 Å². The summed E-state index contributed by atoms with van der Waals surface area (Å²) in [4.78, 5) is 4.61. The van der Waals surface area contributed by atoms with Crippen LogP contribution in [0.4, 0.5) is 34.1 Å². The van der Waals surface area contributed by atoms with Gasteiger partial charge in [0.05, 0.1) is 5.69 Å². The third kappa shape index (κ3) is 6.24. The molecule has 0 aliphatic rings. The number of benzene rings is 7. The Kier molecular flexibility index (Phi) is 8.51. The highest BCUT2D eigenvalue weighted by Crippen LogP contribution is 2.39. The van der Waals surface area contributed by atoms with Crippen LogP contribution in [0, 0.1) is 0 Å². The highest BCUT2D eigenvalue weighted by molar-refractivity contribution is 6.02. The van der Waals surface area contributed by atoms with Crippen molar-refractivity contribution in [3.63, 3.8) is 0 Å². The van der Waals surface area contributed by atoms with Gasteiger partial charge in [-0.15, -0.1) is 0 Å². The average Bonchev–Trinajstić information content (AvgIpc) is 3.13. The molecule has 2 heteroatoms. The molecule has 0 saturated carbocycles. The first-order valence-electron chi connectivity index (χ1n) is 15.6. The minimum atomic E-state index is 1.12. The Morgan fingerprint density at radius 3 is 1.28 bits per heavy atom. The van der Waals surface area contributed by atoms with Gasteiger partial charge in [-0.2, -0.15) is 0 Å². The van der Waals surface area contributed by atoms with Crippen LogP contribution in [-0.4, -0.2) is 0 Å². The van der Waals surface area contributed by atoms with Gasteiger partial charge in [0.25, 0.3) is 0 Å². The molecule has 0 unspecified atom stereocenters. The molecule has 0 N–H and O–H groups in total. The summed E-state index contributed by atoms with van der Waals surface area (Å²) in [6.07, 6.45) is 8.59. The Morgan fingerprint density at radius 1 is 0.304 bits per heavy atom. The Labute approximate surface area is 271 Å². The zero-order valence-electron chi connectivity index (χ0n) is 25.5. The summed E-state index contributed by atoms with van der Waals surface area (Å²) in [6.45, 7) is 0. The summed E-state index contributed by atoms with van der Waals surface area (Å²) >= 11 is 0. The highest BCUT2D eigenvalue weighted by atomic mass is 15.1. The maximum Gasteiger partial charge on any atom is 0.0540 e. The fourth-order valence-corrected chi connectivity index (χ4v) is 5.90. The van der Waals surface area contributed by atoms with Crippen LogP contribution >= 0.6 is 0 Å². The highest BCUT2D eigenvalue weighted by Gasteiger charge is 2.15. The topological polar surface area (TPSA) is 6.48 Å². The maximum atomic E-state index is 2.33. The van der Waals surface area contributed by atoms with Crippen molar-refractivity contribution < 1.29 is 0 Å². The van der Waals surface area contributed by atoms with E-state index in [0.717, 1.165) is 39.7 Å². The van der Waals surface area contributed by atoms with Crippen molar-refractivity contribution in [3.8, 4) is 0 Å². The molecule has 0 aromatic heterocycles. The van der Waals surface area contributed by atoms with Crippen LogP contribution < -0.4 is 9.80 Å². The van der Waals surface area contributed by atoms with Gasteiger partial charge in [0, 0.05) is 33.8 Å². The predicted molar refractivity (Wildman–Crippen MR) is 198 cm³/mol. The van der Waals surface area contributed by atoms with Crippen molar-refractivity contribution in [1.82, 2.24) is 0 Å². The van der Waals surface area contributed by atoms with E-state index in [0.29, 0.717) is 0 Å². The first kappa shape index (κ1) is 28.6. The predicted octanol–water partition coefficient (Wildman–Crippen LogP) is 12.5. The average molecular weight is 591 g/mol. The quantitative estimate of drug-likeness (QED) is 0.154. The molecule has 0 spiro atoms. The second-order valence-electron chi connectivity index (χ2n) is 11.0. The minimum Gasteiger partial charge on any atom is -0.311 e. The van der Waals surface area contributed by atoms with Gasteiger partial charge in [-0.25, -0.2) is 0 Å². The molecule has 0 saturated heterocycles. The molecule has 7 aromatic carbocycles. The number of fused-ring (bicyclic) bond motifs is 1. The van der Waals surface area contributed by atoms with Crippen molar-refractivity contribution in [1.29, 1.82) is 0 Å². The zero-order valence-corrected chi connectivity index (χ0v) is 25.5. The molecule has 2 nitrogen and oxygen atoms in total. The molecule has 0 aliphatic heterocycles. The molecule has 0 fully saturated rings. The lowest BCUT2D eigenvalue weighted by atomic mass is 10.0. The largest absolute Gasteiger partial charge is 0.311 e.